The van der Waals surface area contributed by atoms with Crippen LogP contribution in [0, 0.1) is 4.91 Å². The summed E-state index contributed by atoms with van der Waals surface area (Å²) in [6.45, 7) is -0.611. The average Bonchev–Trinajstić information content (AvgIpc) is 1.37. The van der Waals surface area contributed by atoms with Crippen LogP contribution in [0.5, 0.6) is 0 Å². The van der Waals surface area contributed by atoms with Crippen molar-refractivity contribution in [1.29, 1.82) is 0 Å². The van der Waals surface area contributed by atoms with Crippen LogP contribution < -0.4 is 0 Å². The first-order valence-corrected chi connectivity index (χ1v) is 0.815. The van der Waals surface area contributed by atoms with Crippen LogP contribution >= 0.6 is 0 Å². The lowest BCUT2D eigenvalue weighted by molar-refractivity contribution is 0.307. The fourth-order valence-corrected chi connectivity index (χ4v) is 0. The first-order chi connectivity index (χ1) is 1.91. The molecule has 0 aliphatic rings. The molecule has 0 spiro atoms. The van der Waals surface area contributed by atoms with E-state index in [0.29, 0.717) is 0 Å². The summed E-state index contributed by atoms with van der Waals surface area (Å²) in [5.41, 5.74) is 0. The van der Waals surface area contributed by atoms with Gasteiger partial charge in [-0.2, -0.15) is 0 Å². The number of nitroso groups, excluding NO2 is 1. The van der Waals surface area contributed by atoms with Gasteiger partial charge < -0.3 is 5.11 Å². The number of hydrogen-bond donors (Lipinski definition) is 1. The zero-order valence-corrected chi connectivity index (χ0v) is 2.01. The first-order valence-electron chi connectivity index (χ1n) is 0.815. The van der Waals surface area contributed by atoms with Crippen LogP contribution in [-0.2, 0) is 0 Å². The fourth-order valence-electron chi connectivity index (χ4n) is 0. The maximum Gasteiger partial charge on any atom is 0.176 e. The molecule has 0 aromatic carbocycles. The summed E-state index contributed by atoms with van der Waals surface area (Å²) in [6.07, 6.45) is 0. The van der Waals surface area contributed by atoms with E-state index < -0.39 is 6.73 Å². The van der Waals surface area contributed by atoms with E-state index in [1.807, 2.05) is 5.18 Å². The van der Waals surface area contributed by atoms with Gasteiger partial charge >= 0.3 is 0 Å². The Balaban J connectivity index is 2.30. The van der Waals surface area contributed by atoms with E-state index in [0.717, 1.165) is 0 Å². The predicted molar refractivity (Wildman–Crippen MR) is 12.9 cm³/mol. The van der Waals surface area contributed by atoms with Gasteiger partial charge in [-0.1, -0.05) is 0 Å². The molecule has 1 N–H and O–H groups in total. The SMILES string of the molecule is O=NCO. The summed E-state index contributed by atoms with van der Waals surface area (Å²) >= 11 is 0. The molecule has 0 rings (SSSR count). The van der Waals surface area contributed by atoms with Gasteiger partial charge in [-0.05, 0) is 5.18 Å². The van der Waals surface area contributed by atoms with Crippen LogP contribution in [0.25, 0.3) is 0 Å². The lowest BCUT2D eigenvalue weighted by Gasteiger charge is -1.55. The smallest absolute Gasteiger partial charge is 0.176 e. The third-order valence-electron chi connectivity index (χ3n) is 0.0577. The van der Waals surface area contributed by atoms with Gasteiger partial charge in [-0.25, -0.2) is 0 Å². The van der Waals surface area contributed by atoms with Gasteiger partial charge in [0.05, 0.1) is 0 Å². The molecule has 0 unspecified atom stereocenters. The van der Waals surface area contributed by atoms with Gasteiger partial charge in [0.2, 0.25) is 0 Å². The molecule has 24 valence electrons. The molecule has 0 heterocycles. The van der Waals surface area contributed by atoms with Crippen molar-refractivity contribution < 1.29 is 5.11 Å². The van der Waals surface area contributed by atoms with E-state index >= 15 is 0 Å². The number of rotatable bonds is 1. The summed E-state index contributed by atoms with van der Waals surface area (Å²) in [4.78, 5) is 8.67. The largest absolute Gasteiger partial charge is 0.371 e. The summed E-state index contributed by atoms with van der Waals surface area (Å²) < 4.78 is 0. The van der Waals surface area contributed by atoms with Gasteiger partial charge in [-0.15, -0.1) is 4.91 Å². The van der Waals surface area contributed by atoms with Crippen molar-refractivity contribution in [3.8, 4) is 0 Å². The van der Waals surface area contributed by atoms with Crippen LogP contribution in [-0.4, -0.2) is 11.8 Å². The molecule has 0 atom stereocenters. The van der Waals surface area contributed by atoms with Crippen LogP contribution in [0.15, 0.2) is 5.18 Å². The predicted octanol–water partition coefficient (Wildman–Crippen LogP) is -0.297. The summed E-state index contributed by atoms with van der Waals surface area (Å²) in [6, 6.07) is 0. The lowest BCUT2D eigenvalue weighted by Crippen LogP contribution is -1.62. The minimum absolute atomic E-state index is 0.611. The van der Waals surface area contributed by atoms with Gasteiger partial charge in [0, 0.05) is 0 Å². The van der Waals surface area contributed by atoms with E-state index in [1.54, 1.807) is 0 Å². The Kier molecular flexibility index (Phi) is 2.28. The van der Waals surface area contributed by atoms with E-state index in [4.69, 9.17) is 10.0 Å². The Morgan fingerprint density at radius 1 is 2.00 bits per heavy atom. The maximum absolute atomic E-state index is 8.67. The summed E-state index contributed by atoms with van der Waals surface area (Å²) in [5.74, 6) is 0. The Morgan fingerprint density at radius 3 is 2.25 bits per heavy atom. The Morgan fingerprint density at radius 2 is 2.25 bits per heavy atom. The van der Waals surface area contributed by atoms with Crippen LogP contribution in [0.2, 0.25) is 0 Å². The molecule has 0 aromatic heterocycles. The first kappa shape index (κ1) is 3.56. The molecule has 0 fully saturated rings. The van der Waals surface area contributed by atoms with Crippen LogP contribution in [0.4, 0.5) is 0 Å². The zero-order valence-electron chi connectivity index (χ0n) is 2.01. The fraction of sp³-hybridized carbons (Fsp3) is 1.00. The molecule has 3 nitrogen and oxygen atoms in total. The van der Waals surface area contributed by atoms with E-state index in [1.165, 1.54) is 0 Å². The van der Waals surface area contributed by atoms with E-state index in [2.05, 4.69) is 0 Å². The molecule has 4 heavy (non-hydrogen) atoms. The lowest BCUT2D eigenvalue weighted by atomic mass is 11.4. The van der Waals surface area contributed by atoms with Crippen molar-refractivity contribution in [1.82, 2.24) is 0 Å². The molecular weight excluding hydrogens is 58.0 g/mol. The van der Waals surface area contributed by atoms with Crippen molar-refractivity contribution >= 4 is 0 Å². The highest BCUT2D eigenvalue weighted by Gasteiger charge is 1.51. The molecular formula is CH3NO2. The highest BCUT2D eigenvalue weighted by molar-refractivity contribution is 4.09. The van der Waals surface area contributed by atoms with Crippen molar-refractivity contribution in [3.63, 3.8) is 0 Å². The normalized spacial score (nSPS) is 6.25. The van der Waals surface area contributed by atoms with Crippen molar-refractivity contribution in [2.24, 2.45) is 5.18 Å². The molecule has 0 aliphatic carbocycles. The monoisotopic (exact) mass is 61.0 g/mol. The second-order valence-corrected chi connectivity index (χ2v) is 0.271. The van der Waals surface area contributed by atoms with Crippen molar-refractivity contribution in [2.75, 3.05) is 6.73 Å². The van der Waals surface area contributed by atoms with Gasteiger partial charge in [0.1, 0.15) is 0 Å². The second-order valence-electron chi connectivity index (χ2n) is 0.271. The molecule has 0 aliphatic heterocycles. The van der Waals surface area contributed by atoms with E-state index in [-0.39, 0.29) is 0 Å². The Labute approximate surface area is 23.2 Å². The number of aliphatic hydroxyl groups is 1. The zero-order chi connectivity index (χ0) is 3.41. The third kappa shape index (κ3) is 1.56. The number of aliphatic hydroxyl groups excluding tert-OH is 1. The molecule has 0 saturated heterocycles. The molecule has 3 heteroatoms. The van der Waals surface area contributed by atoms with Crippen molar-refractivity contribution in [3.05, 3.63) is 4.91 Å². The highest BCUT2D eigenvalue weighted by atomic mass is 16.3. The topological polar surface area (TPSA) is 49.7 Å². The molecule has 0 amide bonds. The van der Waals surface area contributed by atoms with Crippen molar-refractivity contribution in [2.45, 2.75) is 0 Å². The molecule has 0 aromatic rings. The minimum Gasteiger partial charge on any atom is -0.371 e. The quantitative estimate of drug-likeness (QED) is 0.423. The second kappa shape index (κ2) is 2.56. The van der Waals surface area contributed by atoms with Gasteiger partial charge in [-0.3, -0.25) is 0 Å². The highest BCUT2D eigenvalue weighted by Crippen LogP contribution is 1.46. The third-order valence-corrected chi connectivity index (χ3v) is 0.0577. The van der Waals surface area contributed by atoms with Crippen LogP contribution in [0.1, 0.15) is 0 Å². The van der Waals surface area contributed by atoms with Gasteiger partial charge in [0.25, 0.3) is 0 Å². The molecule has 0 radical (unpaired) electrons. The van der Waals surface area contributed by atoms with Gasteiger partial charge in [0.15, 0.2) is 6.73 Å². The maximum atomic E-state index is 8.67. The standard InChI is InChI=1S/CH3NO2/c3-1-2-4/h3H,1H2. The van der Waals surface area contributed by atoms with Crippen LogP contribution in [0.3, 0.4) is 0 Å². The molecule has 0 saturated carbocycles. The Bertz CT molecular complexity index is 20.0. The number of nitrogens with zero attached hydrogens (tertiary/aromatic N) is 1. The molecule has 0 bridgehead atoms. The summed E-state index contributed by atoms with van der Waals surface area (Å²) in [7, 11) is 0. The minimum atomic E-state index is -0.611. The average molecular weight is 61.0 g/mol. The number of hydrogen-bond acceptors (Lipinski definition) is 3. The van der Waals surface area contributed by atoms with E-state index in [9.17, 15) is 0 Å². The Hall–Kier alpha value is -0.440. The summed E-state index contributed by atoms with van der Waals surface area (Å²) in [5, 5.41) is 9.44.